The molecule has 0 amide bonds. The highest BCUT2D eigenvalue weighted by atomic mass is 32.2. The van der Waals surface area contributed by atoms with Crippen LogP contribution >= 0.6 is 11.8 Å². The molecule has 2 N–H and O–H groups in total. The topological polar surface area (TPSA) is 58.6 Å². The number of carbonyl (C=O) groups excluding carboxylic acids is 1. The van der Waals surface area contributed by atoms with Crippen LogP contribution in [0.1, 0.15) is 22.3 Å². The van der Waals surface area contributed by atoms with Gasteiger partial charge in [-0.2, -0.15) is 11.8 Å². The second-order valence-electron chi connectivity index (χ2n) is 4.02. The predicted octanol–water partition coefficient (Wildman–Crippen LogP) is 1.68. The number of carbonyl (C=O) groups is 1. The molecule has 0 heterocycles. The van der Waals surface area contributed by atoms with Crippen LogP contribution in [-0.4, -0.2) is 42.8 Å². The molecule has 0 aliphatic carbocycles. The molecular formula is C14H21NO3S. The van der Waals surface area contributed by atoms with Gasteiger partial charge >= 0.3 is 5.97 Å². The Balaban J connectivity index is 2.31. The Morgan fingerprint density at radius 3 is 2.89 bits per heavy atom. The number of rotatable bonds is 9. The average molecular weight is 283 g/mol. The summed E-state index contributed by atoms with van der Waals surface area (Å²) in [6.07, 6.45) is 0.843. The van der Waals surface area contributed by atoms with Crippen molar-refractivity contribution in [3.8, 4) is 0 Å². The van der Waals surface area contributed by atoms with Gasteiger partial charge in [-0.1, -0.05) is 18.2 Å². The van der Waals surface area contributed by atoms with E-state index in [1.54, 1.807) is 6.07 Å². The van der Waals surface area contributed by atoms with Crippen molar-refractivity contribution in [3.63, 3.8) is 0 Å². The van der Waals surface area contributed by atoms with Crippen molar-refractivity contribution in [3.05, 3.63) is 35.4 Å². The van der Waals surface area contributed by atoms with Crippen LogP contribution in [0.25, 0.3) is 0 Å². The summed E-state index contributed by atoms with van der Waals surface area (Å²) < 4.78 is 4.75. The number of hydrogen-bond donors (Lipinski definition) is 2. The van der Waals surface area contributed by atoms with Crippen molar-refractivity contribution < 1.29 is 14.6 Å². The van der Waals surface area contributed by atoms with E-state index in [-0.39, 0.29) is 12.6 Å². The van der Waals surface area contributed by atoms with E-state index < -0.39 is 0 Å². The monoisotopic (exact) mass is 283 g/mol. The van der Waals surface area contributed by atoms with E-state index in [0.717, 1.165) is 30.0 Å². The Kier molecular flexibility index (Phi) is 8.29. The fraction of sp³-hybridized carbons (Fsp3) is 0.500. The highest BCUT2D eigenvalue weighted by Gasteiger charge is 2.09. The lowest BCUT2D eigenvalue weighted by Gasteiger charge is -2.09. The summed E-state index contributed by atoms with van der Waals surface area (Å²) in [5.74, 6) is 1.69. The molecule has 0 atom stereocenters. The highest BCUT2D eigenvalue weighted by Crippen LogP contribution is 2.10. The predicted molar refractivity (Wildman–Crippen MR) is 78.5 cm³/mol. The van der Waals surface area contributed by atoms with Crippen LogP contribution in [0.15, 0.2) is 24.3 Å². The second-order valence-corrected chi connectivity index (χ2v) is 5.24. The van der Waals surface area contributed by atoms with E-state index in [1.807, 2.05) is 30.0 Å². The third-order valence-corrected chi connectivity index (χ3v) is 3.68. The molecule has 0 fully saturated rings. The summed E-state index contributed by atoms with van der Waals surface area (Å²) in [7, 11) is 1.39. The van der Waals surface area contributed by atoms with Crippen LogP contribution in [-0.2, 0) is 11.3 Å². The maximum absolute atomic E-state index is 11.6. The number of hydrogen-bond acceptors (Lipinski definition) is 5. The SMILES string of the molecule is COC(=O)c1ccccc1CNCCSCCCO. The molecule has 1 rings (SSSR count). The fourth-order valence-corrected chi connectivity index (χ4v) is 2.45. The number of ether oxygens (including phenoxy) is 1. The van der Waals surface area contributed by atoms with Crippen LogP contribution in [0.4, 0.5) is 0 Å². The number of aliphatic hydroxyl groups excluding tert-OH is 1. The number of esters is 1. The third kappa shape index (κ3) is 6.09. The van der Waals surface area contributed by atoms with E-state index in [4.69, 9.17) is 9.84 Å². The molecule has 5 heteroatoms. The van der Waals surface area contributed by atoms with Gasteiger partial charge in [0.15, 0.2) is 0 Å². The quantitative estimate of drug-likeness (QED) is 0.533. The third-order valence-electron chi connectivity index (χ3n) is 2.61. The first kappa shape index (κ1) is 16.0. The molecule has 0 bridgehead atoms. The first-order chi connectivity index (χ1) is 9.29. The molecule has 0 spiro atoms. The summed E-state index contributed by atoms with van der Waals surface area (Å²) in [5, 5.41) is 12.0. The molecule has 1 aromatic carbocycles. The Hall–Kier alpha value is -1.04. The summed E-state index contributed by atoms with van der Waals surface area (Å²) in [4.78, 5) is 11.6. The van der Waals surface area contributed by atoms with Crippen LogP contribution in [0, 0.1) is 0 Å². The summed E-state index contributed by atoms with van der Waals surface area (Å²) in [6.45, 7) is 1.80. The minimum absolute atomic E-state index is 0.257. The lowest BCUT2D eigenvalue weighted by molar-refractivity contribution is 0.0599. The Bertz CT molecular complexity index is 385. The second kappa shape index (κ2) is 9.83. The van der Waals surface area contributed by atoms with Gasteiger partial charge in [0.25, 0.3) is 0 Å². The average Bonchev–Trinajstić information content (AvgIpc) is 2.46. The van der Waals surface area contributed by atoms with Gasteiger partial charge in [-0.25, -0.2) is 4.79 Å². The lowest BCUT2D eigenvalue weighted by Crippen LogP contribution is -2.19. The standard InChI is InChI=1S/C14H21NO3S/c1-18-14(17)13-6-3-2-5-12(13)11-15-7-10-19-9-4-8-16/h2-3,5-6,15-16H,4,7-11H2,1H3. The lowest BCUT2D eigenvalue weighted by atomic mass is 10.1. The molecule has 0 aliphatic heterocycles. The summed E-state index contributed by atoms with van der Waals surface area (Å²) in [6, 6.07) is 7.46. The molecule has 0 radical (unpaired) electrons. The van der Waals surface area contributed by atoms with Gasteiger partial charge in [-0.05, 0) is 23.8 Å². The van der Waals surface area contributed by atoms with Gasteiger partial charge < -0.3 is 15.2 Å². The minimum Gasteiger partial charge on any atom is -0.465 e. The van der Waals surface area contributed by atoms with Crippen LogP contribution in [0.2, 0.25) is 0 Å². The van der Waals surface area contributed by atoms with Crippen molar-refractivity contribution in [2.24, 2.45) is 0 Å². The smallest absolute Gasteiger partial charge is 0.338 e. The number of methoxy groups -OCH3 is 1. The molecule has 106 valence electrons. The van der Waals surface area contributed by atoms with Gasteiger partial charge in [0, 0.05) is 25.4 Å². The number of benzene rings is 1. The molecule has 0 saturated heterocycles. The molecule has 4 nitrogen and oxygen atoms in total. The van der Waals surface area contributed by atoms with Gasteiger partial charge in [0.2, 0.25) is 0 Å². The summed E-state index contributed by atoms with van der Waals surface area (Å²) in [5.41, 5.74) is 1.57. The molecule has 19 heavy (non-hydrogen) atoms. The highest BCUT2D eigenvalue weighted by molar-refractivity contribution is 7.99. The normalized spacial score (nSPS) is 10.4. The number of nitrogens with one attached hydrogen (secondary N) is 1. The number of thioether (sulfide) groups is 1. The van der Waals surface area contributed by atoms with Gasteiger partial charge in [-0.3, -0.25) is 0 Å². The van der Waals surface area contributed by atoms with Crippen molar-refractivity contribution >= 4 is 17.7 Å². The molecule has 0 unspecified atom stereocenters. The van der Waals surface area contributed by atoms with Crippen molar-refractivity contribution in [2.75, 3.05) is 31.8 Å². The van der Waals surface area contributed by atoms with Crippen LogP contribution in [0.5, 0.6) is 0 Å². The largest absolute Gasteiger partial charge is 0.465 e. The Labute approximate surface area is 118 Å². The van der Waals surface area contributed by atoms with Gasteiger partial charge in [-0.15, -0.1) is 0 Å². The fourth-order valence-electron chi connectivity index (χ4n) is 1.62. The van der Waals surface area contributed by atoms with Gasteiger partial charge in [0.1, 0.15) is 0 Å². The molecule has 0 aliphatic rings. The molecular weight excluding hydrogens is 262 g/mol. The van der Waals surface area contributed by atoms with E-state index in [2.05, 4.69) is 5.32 Å². The van der Waals surface area contributed by atoms with Crippen molar-refractivity contribution in [1.82, 2.24) is 5.32 Å². The zero-order valence-electron chi connectivity index (χ0n) is 11.2. The van der Waals surface area contributed by atoms with E-state index in [1.165, 1.54) is 7.11 Å². The Morgan fingerprint density at radius 1 is 1.37 bits per heavy atom. The maximum atomic E-state index is 11.6. The summed E-state index contributed by atoms with van der Waals surface area (Å²) >= 11 is 1.81. The zero-order chi connectivity index (χ0) is 13.9. The van der Waals surface area contributed by atoms with E-state index in [9.17, 15) is 4.79 Å². The van der Waals surface area contributed by atoms with E-state index >= 15 is 0 Å². The van der Waals surface area contributed by atoms with Crippen LogP contribution < -0.4 is 5.32 Å². The van der Waals surface area contributed by atoms with E-state index in [0.29, 0.717) is 12.1 Å². The molecule has 1 aromatic rings. The number of aliphatic hydroxyl groups is 1. The van der Waals surface area contributed by atoms with Crippen molar-refractivity contribution in [1.29, 1.82) is 0 Å². The minimum atomic E-state index is -0.297. The molecule has 0 aromatic heterocycles. The first-order valence-electron chi connectivity index (χ1n) is 6.35. The van der Waals surface area contributed by atoms with Gasteiger partial charge in [0.05, 0.1) is 12.7 Å². The van der Waals surface area contributed by atoms with Crippen molar-refractivity contribution in [2.45, 2.75) is 13.0 Å². The first-order valence-corrected chi connectivity index (χ1v) is 7.50. The maximum Gasteiger partial charge on any atom is 0.338 e. The Morgan fingerprint density at radius 2 is 2.16 bits per heavy atom. The molecule has 0 saturated carbocycles. The van der Waals surface area contributed by atoms with Crippen LogP contribution in [0.3, 0.4) is 0 Å². The zero-order valence-corrected chi connectivity index (χ0v) is 12.0.